The highest BCUT2D eigenvalue weighted by Gasteiger charge is 2.06. The fourth-order valence-corrected chi connectivity index (χ4v) is 1.66. The number of aromatic nitrogens is 4. The van der Waals surface area contributed by atoms with E-state index in [-0.39, 0.29) is 0 Å². The Kier molecular flexibility index (Phi) is 1.89. The minimum absolute atomic E-state index is 0.820. The second-order valence-electron chi connectivity index (χ2n) is 3.65. The Morgan fingerprint density at radius 3 is 2.88 bits per heavy atom. The van der Waals surface area contributed by atoms with E-state index < -0.39 is 0 Å². The van der Waals surface area contributed by atoms with Crippen LogP contribution in [0.25, 0.3) is 10.9 Å². The zero-order valence-electron chi connectivity index (χ0n) is 8.78. The van der Waals surface area contributed by atoms with Crippen LogP contribution >= 0.6 is 0 Å². The molecule has 0 amide bonds. The largest absolute Gasteiger partial charge is 0.335 e. The first-order valence-corrected chi connectivity index (χ1v) is 5.05. The van der Waals surface area contributed by atoms with E-state index in [2.05, 4.69) is 25.7 Å². The van der Waals surface area contributed by atoms with E-state index in [1.54, 1.807) is 6.20 Å². The Balaban J connectivity index is 2.04. The topological polar surface area (TPSA) is 69.4 Å². The quantitative estimate of drug-likeness (QED) is 0.612. The molecule has 3 aromatic rings. The average Bonchev–Trinajstić information content (AvgIpc) is 2.88. The van der Waals surface area contributed by atoms with Crippen LogP contribution in [-0.4, -0.2) is 20.4 Å². The number of nitrogens with one attached hydrogen (secondary N) is 3. The van der Waals surface area contributed by atoms with Gasteiger partial charge in [0, 0.05) is 5.39 Å². The molecule has 16 heavy (non-hydrogen) atoms. The first kappa shape index (κ1) is 8.96. The predicted octanol–water partition coefficient (Wildman–Crippen LogP) is 2.34. The first-order chi connectivity index (χ1) is 7.84. The molecular formula is C11H11N5. The number of hydrogen-bond acceptors (Lipinski definition) is 3. The van der Waals surface area contributed by atoms with Crippen LogP contribution in [0.1, 0.15) is 5.69 Å². The van der Waals surface area contributed by atoms with E-state index in [0.717, 1.165) is 28.1 Å². The third-order valence-corrected chi connectivity index (χ3v) is 2.55. The smallest absolute Gasteiger partial charge is 0.160 e. The van der Waals surface area contributed by atoms with E-state index in [4.69, 9.17) is 0 Å². The van der Waals surface area contributed by atoms with Crippen LogP contribution in [-0.2, 0) is 0 Å². The first-order valence-electron chi connectivity index (χ1n) is 5.05. The molecule has 0 aliphatic carbocycles. The van der Waals surface area contributed by atoms with Gasteiger partial charge in [-0.25, -0.2) is 0 Å². The van der Waals surface area contributed by atoms with Gasteiger partial charge in [0.2, 0.25) is 0 Å². The minimum atomic E-state index is 0.820. The van der Waals surface area contributed by atoms with Crippen LogP contribution in [0.2, 0.25) is 0 Å². The molecule has 5 heteroatoms. The predicted molar refractivity (Wildman–Crippen MR) is 62.7 cm³/mol. The van der Waals surface area contributed by atoms with E-state index in [1.165, 1.54) is 0 Å². The summed E-state index contributed by atoms with van der Waals surface area (Å²) in [5.41, 5.74) is 2.95. The van der Waals surface area contributed by atoms with Gasteiger partial charge in [-0.2, -0.15) is 10.2 Å². The zero-order chi connectivity index (χ0) is 11.0. The summed E-state index contributed by atoms with van der Waals surface area (Å²) in [4.78, 5) is 0. The standard InChI is InChI=1S/C11H11N5/c1-7-10(6-12-14-7)13-11-8-4-2-3-5-9(8)15-16-11/h2-6H,1H3,(H,12,14)(H2,13,15,16). The molecule has 0 saturated heterocycles. The molecule has 0 atom stereocenters. The molecule has 2 aromatic heterocycles. The molecule has 3 N–H and O–H groups in total. The number of hydrogen-bond donors (Lipinski definition) is 3. The number of anilines is 2. The lowest BCUT2D eigenvalue weighted by molar-refractivity contribution is 1.05. The Morgan fingerprint density at radius 1 is 1.19 bits per heavy atom. The lowest BCUT2D eigenvalue weighted by Gasteiger charge is -2.00. The van der Waals surface area contributed by atoms with Crippen molar-refractivity contribution in [1.82, 2.24) is 20.4 Å². The number of para-hydroxylation sites is 1. The highest BCUT2D eigenvalue weighted by Crippen LogP contribution is 2.24. The van der Waals surface area contributed by atoms with Crippen molar-refractivity contribution in [2.45, 2.75) is 6.92 Å². The number of rotatable bonds is 2. The van der Waals surface area contributed by atoms with Crippen LogP contribution < -0.4 is 5.32 Å². The summed E-state index contributed by atoms with van der Waals surface area (Å²) in [7, 11) is 0. The lowest BCUT2D eigenvalue weighted by atomic mass is 10.2. The fourth-order valence-electron chi connectivity index (χ4n) is 1.66. The van der Waals surface area contributed by atoms with Gasteiger partial charge in [0.1, 0.15) is 0 Å². The van der Waals surface area contributed by atoms with E-state index in [9.17, 15) is 0 Å². The molecule has 0 saturated carbocycles. The highest BCUT2D eigenvalue weighted by atomic mass is 15.2. The third kappa shape index (κ3) is 1.33. The van der Waals surface area contributed by atoms with Crippen LogP contribution in [0.4, 0.5) is 11.5 Å². The SMILES string of the molecule is Cc1[nH]ncc1Nc1n[nH]c2ccccc12. The number of benzene rings is 1. The molecule has 5 nitrogen and oxygen atoms in total. The molecule has 0 bridgehead atoms. The number of aryl methyl sites for hydroxylation is 1. The van der Waals surface area contributed by atoms with Gasteiger partial charge in [0.05, 0.1) is 23.1 Å². The molecule has 80 valence electrons. The molecule has 0 aliphatic heterocycles. The molecule has 2 heterocycles. The molecule has 0 radical (unpaired) electrons. The van der Waals surface area contributed by atoms with E-state index in [0.29, 0.717) is 0 Å². The van der Waals surface area contributed by atoms with Gasteiger partial charge in [-0.3, -0.25) is 10.2 Å². The van der Waals surface area contributed by atoms with Crippen molar-refractivity contribution in [3.8, 4) is 0 Å². The number of nitrogens with zero attached hydrogens (tertiary/aromatic N) is 2. The van der Waals surface area contributed by atoms with Gasteiger partial charge in [-0.05, 0) is 19.1 Å². The van der Waals surface area contributed by atoms with Gasteiger partial charge in [0.25, 0.3) is 0 Å². The van der Waals surface area contributed by atoms with Gasteiger partial charge in [-0.15, -0.1) is 0 Å². The van der Waals surface area contributed by atoms with Crippen molar-refractivity contribution >= 4 is 22.4 Å². The summed E-state index contributed by atoms with van der Waals surface area (Å²) in [6, 6.07) is 7.99. The lowest BCUT2D eigenvalue weighted by Crippen LogP contribution is -1.91. The summed E-state index contributed by atoms with van der Waals surface area (Å²) in [5.74, 6) is 0.820. The number of aromatic amines is 2. The maximum Gasteiger partial charge on any atom is 0.160 e. The molecule has 0 fully saturated rings. The molecule has 0 unspecified atom stereocenters. The molecule has 1 aromatic carbocycles. The fraction of sp³-hybridized carbons (Fsp3) is 0.0909. The van der Waals surface area contributed by atoms with Gasteiger partial charge >= 0.3 is 0 Å². The Labute approximate surface area is 91.9 Å². The van der Waals surface area contributed by atoms with Crippen molar-refractivity contribution in [3.05, 3.63) is 36.2 Å². The summed E-state index contributed by atoms with van der Waals surface area (Å²) in [6.07, 6.45) is 1.75. The molecule has 0 spiro atoms. The van der Waals surface area contributed by atoms with Gasteiger partial charge in [0.15, 0.2) is 5.82 Å². The van der Waals surface area contributed by atoms with E-state index in [1.807, 2.05) is 31.2 Å². The summed E-state index contributed by atoms with van der Waals surface area (Å²) in [6.45, 7) is 1.96. The zero-order valence-corrected chi connectivity index (χ0v) is 8.78. The third-order valence-electron chi connectivity index (χ3n) is 2.55. The van der Waals surface area contributed by atoms with Crippen molar-refractivity contribution in [3.63, 3.8) is 0 Å². The van der Waals surface area contributed by atoms with Gasteiger partial charge < -0.3 is 5.32 Å². The van der Waals surface area contributed by atoms with Crippen LogP contribution in [0, 0.1) is 6.92 Å². The summed E-state index contributed by atoms with van der Waals surface area (Å²) in [5, 5.41) is 18.4. The van der Waals surface area contributed by atoms with E-state index >= 15 is 0 Å². The van der Waals surface area contributed by atoms with Crippen LogP contribution in [0.3, 0.4) is 0 Å². The van der Waals surface area contributed by atoms with Crippen LogP contribution in [0.5, 0.6) is 0 Å². The Morgan fingerprint density at radius 2 is 2.06 bits per heavy atom. The maximum atomic E-state index is 4.23. The maximum absolute atomic E-state index is 4.23. The molecule has 3 rings (SSSR count). The second kappa shape index (κ2) is 3.37. The van der Waals surface area contributed by atoms with Crippen molar-refractivity contribution in [2.24, 2.45) is 0 Å². The minimum Gasteiger partial charge on any atom is -0.335 e. The van der Waals surface area contributed by atoms with Crippen LogP contribution in [0.15, 0.2) is 30.5 Å². The normalized spacial score (nSPS) is 10.8. The highest BCUT2D eigenvalue weighted by molar-refractivity contribution is 5.91. The number of H-pyrrole nitrogens is 2. The molecule has 0 aliphatic rings. The number of fused-ring (bicyclic) bond motifs is 1. The second-order valence-corrected chi connectivity index (χ2v) is 3.65. The average molecular weight is 213 g/mol. The monoisotopic (exact) mass is 213 g/mol. The van der Waals surface area contributed by atoms with Crippen molar-refractivity contribution in [1.29, 1.82) is 0 Å². The van der Waals surface area contributed by atoms with Gasteiger partial charge in [-0.1, -0.05) is 12.1 Å². The van der Waals surface area contributed by atoms with Crippen molar-refractivity contribution < 1.29 is 0 Å². The summed E-state index contributed by atoms with van der Waals surface area (Å²) >= 11 is 0. The van der Waals surface area contributed by atoms with Crippen molar-refractivity contribution in [2.75, 3.05) is 5.32 Å². The Hall–Kier alpha value is -2.30. The molecular weight excluding hydrogens is 202 g/mol. The summed E-state index contributed by atoms with van der Waals surface area (Å²) < 4.78 is 0. The Bertz CT molecular complexity index is 622.